The summed E-state index contributed by atoms with van der Waals surface area (Å²) in [4.78, 5) is 4.72. The molecular weight excluding hydrogens is 441 g/mol. The average molecular weight is 473 g/mol. The third-order valence-corrected chi connectivity index (χ3v) is 4.78. The Bertz CT molecular complexity index is 574. The van der Waals surface area contributed by atoms with E-state index in [1.807, 2.05) is 0 Å². The van der Waals surface area contributed by atoms with E-state index in [1.54, 1.807) is 0 Å². The molecular formula is C20H32IN3O2. The summed E-state index contributed by atoms with van der Waals surface area (Å²) in [6, 6.07) is 6.82. The Morgan fingerprint density at radius 1 is 1.27 bits per heavy atom. The molecule has 2 N–H and O–H groups in total. The number of fused-ring (bicyclic) bond motifs is 1. The van der Waals surface area contributed by atoms with E-state index < -0.39 is 0 Å². The molecule has 1 aromatic carbocycles. The summed E-state index contributed by atoms with van der Waals surface area (Å²) in [6.07, 6.45) is 6.04. The van der Waals surface area contributed by atoms with Gasteiger partial charge in [-0.05, 0) is 55.7 Å². The van der Waals surface area contributed by atoms with Crippen LogP contribution in [-0.2, 0) is 28.9 Å². The van der Waals surface area contributed by atoms with Crippen LogP contribution in [0.5, 0.6) is 0 Å². The van der Waals surface area contributed by atoms with Crippen molar-refractivity contribution >= 4 is 29.9 Å². The maximum Gasteiger partial charge on any atom is 0.191 e. The third kappa shape index (κ3) is 6.70. The standard InChI is InChI=1S/C20H31N3O2.HI/c1-2-21-20(22-10-4-11-25-19-9-12-24-15-19)23-14-16-7-8-17-5-3-6-18(17)13-16;/h7-8,13,19H,2-6,9-12,14-15H2,1H3,(H2,21,22,23);1H. The highest BCUT2D eigenvalue weighted by molar-refractivity contribution is 14.0. The molecule has 1 unspecified atom stereocenters. The predicted molar refractivity (Wildman–Crippen MR) is 116 cm³/mol. The number of halogens is 1. The minimum Gasteiger partial charge on any atom is -0.379 e. The summed E-state index contributed by atoms with van der Waals surface area (Å²) in [7, 11) is 0. The number of nitrogens with one attached hydrogen (secondary N) is 2. The molecule has 6 heteroatoms. The van der Waals surface area contributed by atoms with Gasteiger partial charge >= 0.3 is 0 Å². The van der Waals surface area contributed by atoms with Crippen molar-refractivity contribution in [1.82, 2.24) is 10.6 Å². The summed E-state index contributed by atoms with van der Waals surface area (Å²) in [6.45, 7) is 6.90. The zero-order valence-electron chi connectivity index (χ0n) is 15.8. The molecule has 0 radical (unpaired) electrons. The zero-order valence-corrected chi connectivity index (χ0v) is 18.1. The molecule has 1 fully saturated rings. The molecule has 1 aliphatic carbocycles. The molecule has 1 aliphatic heterocycles. The first-order chi connectivity index (χ1) is 12.3. The van der Waals surface area contributed by atoms with E-state index in [0.29, 0.717) is 6.10 Å². The summed E-state index contributed by atoms with van der Waals surface area (Å²) in [5, 5.41) is 6.71. The van der Waals surface area contributed by atoms with Crippen LogP contribution in [0.15, 0.2) is 23.2 Å². The molecule has 1 aromatic rings. The highest BCUT2D eigenvalue weighted by atomic mass is 127. The molecule has 0 spiro atoms. The molecule has 3 rings (SSSR count). The second kappa shape index (κ2) is 11.8. The van der Waals surface area contributed by atoms with E-state index in [1.165, 1.54) is 36.0 Å². The van der Waals surface area contributed by atoms with Crippen LogP contribution in [0.4, 0.5) is 0 Å². The molecule has 26 heavy (non-hydrogen) atoms. The Morgan fingerprint density at radius 3 is 2.96 bits per heavy atom. The molecule has 146 valence electrons. The second-order valence-electron chi connectivity index (χ2n) is 6.79. The van der Waals surface area contributed by atoms with Crippen LogP contribution < -0.4 is 10.6 Å². The van der Waals surface area contributed by atoms with Crippen molar-refractivity contribution < 1.29 is 9.47 Å². The molecule has 0 amide bonds. The number of aryl methyl sites for hydroxylation is 2. The van der Waals surface area contributed by atoms with E-state index in [2.05, 4.69) is 35.8 Å². The van der Waals surface area contributed by atoms with E-state index in [0.717, 1.165) is 58.3 Å². The van der Waals surface area contributed by atoms with Gasteiger partial charge in [0, 0.05) is 26.3 Å². The van der Waals surface area contributed by atoms with Gasteiger partial charge in [-0.15, -0.1) is 24.0 Å². The fraction of sp³-hybridized carbons (Fsp3) is 0.650. The first-order valence-electron chi connectivity index (χ1n) is 9.67. The fourth-order valence-corrected chi connectivity index (χ4v) is 3.41. The average Bonchev–Trinajstić information content (AvgIpc) is 3.30. The van der Waals surface area contributed by atoms with Crippen molar-refractivity contribution in [2.75, 3.05) is 32.9 Å². The van der Waals surface area contributed by atoms with Crippen LogP contribution >= 0.6 is 24.0 Å². The molecule has 0 aromatic heterocycles. The number of hydrogen-bond acceptors (Lipinski definition) is 3. The van der Waals surface area contributed by atoms with E-state index >= 15 is 0 Å². The van der Waals surface area contributed by atoms with Gasteiger partial charge in [0.25, 0.3) is 0 Å². The quantitative estimate of drug-likeness (QED) is 0.264. The van der Waals surface area contributed by atoms with Gasteiger partial charge in [-0.25, -0.2) is 4.99 Å². The highest BCUT2D eigenvalue weighted by Crippen LogP contribution is 2.23. The smallest absolute Gasteiger partial charge is 0.191 e. The van der Waals surface area contributed by atoms with E-state index in [9.17, 15) is 0 Å². The van der Waals surface area contributed by atoms with Crippen LogP contribution in [-0.4, -0.2) is 45.0 Å². The lowest BCUT2D eigenvalue weighted by atomic mass is 10.1. The van der Waals surface area contributed by atoms with Crippen molar-refractivity contribution in [3.05, 3.63) is 34.9 Å². The normalized spacial score (nSPS) is 19.1. The van der Waals surface area contributed by atoms with Crippen LogP contribution in [0.25, 0.3) is 0 Å². The van der Waals surface area contributed by atoms with Crippen LogP contribution in [0.1, 0.15) is 42.9 Å². The first-order valence-corrected chi connectivity index (χ1v) is 9.67. The van der Waals surface area contributed by atoms with Crippen molar-refractivity contribution in [3.8, 4) is 0 Å². The molecule has 5 nitrogen and oxygen atoms in total. The topological polar surface area (TPSA) is 54.9 Å². The molecule has 2 aliphatic rings. The Kier molecular flexibility index (Phi) is 9.71. The molecule has 0 bridgehead atoms. The van der Waals surface area contributed by atoms with Crippen molar-refractivity contribution in [2.24, 2.45) is 4.99 Å². The highest BCUT2D eigenvalue weighted by Gasteiger charge is 2.15. The number of nitrogens with zero attached hydrogens (tertiary/aromatic N) is 1. The van der Waals surface area contributed by atoms with E-state index in [-0.39, 0.29) is 24.0 Å². The second-order valence-corrected chi connectivity index (χ2v) is 6.79. The summed E-state index contributed by atoms with van der Waals surface area (Å²) in [5.41, 5.74) is 4.33. The number of rotatable bonds is 8. The number of guanidine groups is 1. The predicted octanol–water partition coefficient (Wildman–Crippen LogP) is 3.04. The summed E-state index contributed by atoms with van der Waals surface area (Å²) >= 11 is 0. The van der Waals surface area contributed by atoms with Crippen molar-refractivity contribution in [2.45, 2.75) is 51.7 Å². The molecule has 1 atom stereocenters. The largest absolute Gasteiger partial charge is 0.379 e. The minimum absolute atomic E-state index is 0. The Balaban J connectivity index is 0.00000243. The van der Waals surface area contributed by atoms with Gasteiger partial charge in [0.1, 0.15) is 0 Å². The van der Waals surface area contributed by atoms with Crippen molar-refractivity contribution in [1.29, 1.82) is 0 Å². The Morgan fingerprint density at radius 2 is 2.15 bits per heavy atom. The van der Waals surface area contributed by atoms with Crippen LogP contribution in [0.3, 0.4) is 0 Å². The molecule has 1 saturated heterocycles. The lowest BCUT2D eigenvalue weighted by molar-refractivity contribution is 0.0420. The number of ether oxygens (including phenoxy) is 2. The maximum atomic E-state index is 5.79. The van der Waals surface area contributed by atoms with Gasteiger partial charge < -0.3 is 20.1 Å². The van der Waals surface area contributed by atoms with Gasteiger partial charge in [-0.3, -0.25) is 0 Å². The minimum atomic E-state index is 0. The van der Waals surface area contributed by atoms with Gasteiger partial charge in [0.15, 0.2) is 5.96 Å². The monoisotopic (exact) mass is 473 g/mol. The summed E-state index contributed by atoms with van der Waals surface area (Å²) in [5.74, 6) is 0.882. The molecule has 0 saturated carbocycles. The van der Waals surface area contributed by atoms with Gasteiger partial charge in [-0.1, -0.05) is 18.2 Å². The lowest BCUT2D eigenvalue weighted by Crippen LogP contribution is -2.38. The van der Waals surface area contributed by atoms with Gasteiger partial charge in [0.2, 0.25) is 0 Å². The SMILES string of the molecule is CCNC(=NCc1ccc2c(c1)CCC2)NCCCOC1CCOC1.I. The van der Waals surface area contributed by atoms with Gasteiger partial charge in [-0.2, -0.15) is 0 Å². The van der Waals surface area contributed by atoms with Gasteiger partial charge in [0.05, 0.1) is 19.3 Å². The van der Waals surface area contributed by atoms with Crippen LogP contribution in [0.2, 0.25) is 0 Å². The Hall–Kier alpha value is -0.860. The van der Waals surface area contributed by atoms with Crippen LogP contribution in [0, 0.1) is 0 Å². The van der Waals surface area contributed by atoms with E-state index in [4.69, 9.17) is 14.5 Å². The Labute approximate surface area is 174 Å². The number of aliphatic imine (C=N–C) groups is 1. The lowest BCUT2D eigenvalue weighted by Gasteiger charge is -2.13. The zero-order chi connectivity index (χ0) is 17.3. The number of hydrogen-bond donors (Lipinski definition) is 2. The van der Waals surface area contributed by atoms with Crippen molar-refractivity contribution in [3.63, 3.8) is 0 Å². The first kappa shape index (κ1) is 21.4. The third-order valence-electron chi connectivity index (χ3n) is 4.78. The number of benzene rings is 1. The maximum absolute atomic E-state index is 5.79. The fourth-order valence-electron chi connectivity index (χ4n) is 3.41. The summed E-state index contributed by atoms with van der Waals surface area (Å²) < 4.78 is 11.1. The molecule has 1 heterocycles.